The Labute approximate surface area is 166 Å². The van der Waals surface area contributed by atoms with Crippen LogP contribution < -0.4 is 4.90 Å². The van der Waals surface area contributed by atoms with E-state index in [9.17, 15) is 9.18 Å². The number of carbonyl (C=O) groups is 1. The van der Waals surface area contributed by atoms with Gasteiger partial charge in [-0.2, -0.15) is 4.80 Å². The molecule has 1 aliphatic heterocycles. The fourth-order valence-corrected chi connectivity index (χ4v) is 3.21. The van der Waals surface area contributed by atoms with Crippen LogP contribution >= 0.6 is 0 Å². The van der Waals surface area contributed by atoms with Gasteiger partial charge in [-0.25, -0.2) is 9.18 Å². The molecule has 29 heavy (non-hydrogen) atoms. The van der Waals surface area contributed by atoms with E-state index in [1.54, 1.807) is 37.5 Å². The molecule has 0 bridgehead atoms. The Morgan fingerprint density at radius 1 is 1.28 bits per heavy atom. The van der Waals surface area contributed by atoms with Crippen LogP contribution in [-0.4, -0.2) is 69.5 Å². The van der Waals surface area contributed by atoms with Crippen LogP contribution in [0.1, 0.15) is 0 Å². The number of benzene rings is 1. The molecule has 1 fully saturated rings. The van der Waals surface area contributed by atoms with Crippen LogP contribution in [0.4, 0.5) is 14.9 Å². The minimum atomic E-state index is -0.466. The van der Waals surface area contributed by atoms with Gasteiger partial charge in [-0.05, 0) is 43.6 Å². The fourth-order valence-electron chi connectivity index (χ4n) is 3.21. The molecule has 1 aliphatic rings. The molecule has 1 amide bonds. The molecule has 150 valence electrons. The number of hydrogen-bond acceptors (Lipinski definition) is 7. The molecule has 0 radical (unpaired) electrons. The third-order valence-corrected chi connectivity index (χ3v) is 4.52. The number of likely N-dealkylation sites (N-methyl/N-ethyl adjacent to an activating group) is 1. The van der Waals surface area contributed by atoms with E-state index >= 15 is 0 Å². The summed E-state index contributed by atoms with van der Waals surface area (Å²) in [7, 11) is 5.48. The standard InChI is InChI=1S/C19H20FN7O2/c1-25(2)10-14-11-27(19(28)29-14)13-5-6-15(16(20)8-13)12-4-7-17(21-9-12)18-22-24-26(3)23-18/h4-9,14H,10-11H2,1-3H3/t14-/m0/s1. The molecule has 3 heterocycles. The summed E-state index contributed by atoms with van der Waals surface area (Å²) in [5, 5.41) is 11.8. The third kappa shape index (κ3) is 3.92. The van der Waals surface area contributed by atoms with Crippen LogP contribution in [0.15, 0.2) is 36.5 Å². The van der Waals surface area contributed by atoms with Gasteiger partial charge in [0.1, 0.15) is 17.6 Å². The maximum Gasteiger partial charge on any atom is 0.414 e. The number of cyclic esters (lactones) is 1. The van der Waals surface area contributed by atoms with Gasteiger partial charge in [0.2, 0.25) is 5.82 Å². The summed E-state index contributed by atoms with van der Waals surface area (Å²) in [6.07, 6.45) is 0.847. The Kier molecular flexibility index (Phi) is 4.93. The topological polar surface area (TPSA) is 89.3 Å². The Morgan fingerprint density at radius 2 is 2.10 bits per heavy atom. The van der Waals surface area contributed by atoms with E-state index in [-0.39, 0.29) is 6.10 Å². The third-order valence-electron chi connectivity index (χ3n) is 4.52. The Bertz CT molecular complexity index is 1040. The number of halogens is 1. The van der Waals surface area contributed by atoms with Crippen molar-refractivity contribution < 1.29 is 13.9 Å². The lowest BCUT2D eigenvalue weighted by molar-refractivity contribution is 0.123. The molecule has 0 saturated carbocycles. The zero-order valence-electron chi connectivity index (χ0n) is 16.3. The molecule has 1 aromatic carbocycles. The Morgan fingerprint density at radius 3 is 2.72 bits per heavy atom. The SMILES string of the molecule is CN(C)C[C@H]1CN(c2ccc(-c3ccc(-c4nnn(C)n4)nc3)c(F)c2)C(=O)O1. The van der Waals surface area contributed by atoms with E-state index in [0.717, 1.165) is 0 Å². The second-order valence-corrected chi connectivity index (χ2v) is 7.08. The maximum absolute atomic E-state index is 14.8. The molecule has 2 aromatic heterocycles. The fraction of sp³-hybridized carbons (Fsp3) is 0.316. The molecular formula is C19H20FN7O2. The monoisotopic (exact) mass is 397 g/mol. The molecule has 1 atom stereocenters. The lowest BCUT2D eigenvalue weighted by atomic mass is 10.1. The molecular weight excluding hydrogens is 377 g/mol. The lowest BCUT2D eigenvalue weighted by Crippen LogP contribution is -2.30. The van der Waals surface area contributed by atoms with Gasteiger partial charge >= 0.3 is 6.09 Å². The average Bonchev–Trinajstić information content (AvgIpc) is 3.27. The summed E-state index contributed by atoms with van der Waals surface area (Å²) in [5.41, 5.74) is 2.00. The highest BCUT2D eigenvalue weighted by Gasteiger charge is 2.32. The normalized spacial score (nSPS) is 16.5. The van der Waals surface area contributed by atoms with Gasteiger partial charge in [0, 0.05) is 23.9 Å². The van der Waals surface area contributed by atoms with E-state index in [0.29, 0.717) is 41.4 Å². The largest absolute Gasteiger partial charge is 0.443 e. The molecule has 9 nitrogen and oxygen atoms in total. The van der Waals surface area contributed by atoms with Gasteiger partial charge in [-0.15, -0.1) is 10.2 Å². The van der Waals surface area contributed by atoms with Gasteiger partial charge in [-0.3, -0.25) is 9.88 Å². The predicted molar refractivity (Wildman–Crippen MR) is 104 cm³/mol. The lowest BCUT2D eigenvalue weighted by Gasteiger charge is -2.16. The van der Waals surface area contributed by atoms with Crippen LogP contribution in [-0.2, 0) is 11.8 Å². The van der Waals surface area contributed by atoms with E-state index in [1.807, 2.05) is 19.0 Å². The zero-order chi connectivity index (χ0) is 20.5. The van der Waals surface area contributed by atoms with Crippen molar-refractivity contribution in [2.45, 2.75) is 6.10 Å². The van der Waals surface area contributed by atoms with E-state index in [2.05, 4.69) is 20.4 Å². The molecule has 4 rings (SSSR count). The average molecular weight is 397 g/mol. The van der Waals surface area contributed by atoms with Crippen LogP contribution in [0.3, 0.4) is 0 Å². The molecule has 0 aliphatic carbocycles. The first-order valence-corrected chi connectivity index (χ1v) is 9.04. The summed E-state index contributed by atoms with van der Waals surface area (Å²) >= 11 is 0. The Balaban J connectivity index is 1.54. The first kappa shape index (κ1) is 18.9. The highest BCUT2D eigenvalue weighted by molar-refractivity contribution is 5.90. The molecule has 0 unspecified atom stereocenters. The van der Waals surface area contributed by atoms with Crippen molar-refractivity contribution in [2.24, 2.45) is 7.05 Å². The number of aromatic nitrogens is 5. The van der Waals surface area contributed by atoms with Crippen molar-refractivity contribution in [1.82, 2.24) is 30.1 Å². The molecule has 1 saturated heterocycles. The van der Waals surface area contributed by atoms with Gasteiger partial charge < -0.3 is 9.64 Å². The molecule has 0 spiro atoms. The first-order chi connectivity index (χ1) is 13.9. The summed E-state index contributed by atoms with van der Waals surface area (Å²) in [4.78, 5) is 21.2. The van der Waals surface area contributed by atoms with Gasteiger partial charge in [0.05, 0.1) is 19.3 Å². The number of anilines is 1. The van der Waals surface area contributed by atoms with Crippen LogP contribution in [0.2, 0.25) is 0 Å². The summed E-state index contributed by atoms with van der Waals surface area (Å²) in [6, 6.07) is 8.13. The van der Waals surface area contributed by atoms with Crippen LogP contribution in [0.5, 0.6) is 0 Å². The first-order valence-electron chi connectivity index (χ1n) is 9.04. The van der Waals surface area contributed by atoms with E-state index in [1.165, 1.54) is 15.8 Å². The highest BCUT2D eigenvalue weighted by Crippen LogP contribution is 2.29. The van der Waals surface area contributed by atoms with Gasteiger partial charge in [0.25, 0.3) is 0 Å². The number of pyridine rings is 1. The van der Waals surface area contributed by atoms with Crippen LogP contribution in [0.25, 0.3) is 22.6 Å². The van der Waals surface area contributed by atoms with Crippen molar-refractivity contribution >= 4 is 11.8 Å². The summed E-state index contributed by atoms with van der Waals surface area (Å²) in [5.74, 6) is -0.0479. The number of tetrazole rings is 1. The summed E-state index contributed by atoms with van der Waals surface area (Å²) in [6.45, 7) is 0.999. The Hall–Kier alpha value is -3.40. The summed E-state index contributed by atoms with van der Waals surface area (Å²) < 4.78 is 20.1. The van der Waals surface area contributed by atoms with E-state index in [4.69, 9.17) is 4.74 Å². The number of hydrogen-bond donors (Lipinski definition) is 0. The van der Waals surface area contributed by atoms with Crippen molar-refractivity contribution in [3.63, 3.8) is 0 Å². The van der Waals surface area contributed by atoms with E-state index < -0.39 is 11.9 Å². The number of nitrogens with zero attached hydrogens (tertiary/aromatic N) is 7. The maximum atomic E-state index is 14.8. The number of ether oxygens (including phenoxy) is 1. The van der Waals surface area contributed by atoms with Gasteiger partial charge in [-0.1, -0.05) is 6.07 Å². The van der Waals surface area contributed by atoms with Crippen LogP contribution in [0, 0.1) is 5.82 Å². The number of aryl methyl sites for hydroxylation is 1. The number of amides is 1. The predicted octanol–water partition coefficient (Wildman–Crippen LogP) is 1.96. The van der Waals surface area contributed by atoms with Crippen molar-refractivity contribution in [3.8, 4) is 22.6 Å². The molecule has 0 N–H and O–H groups in total. The minimum absolute atomic E-state index is 0.244. The highest BCUT2D eigenvalue weighted by atomic mass is 19.1. The minimum Gasteiger partial charge on any atom is -0.443 e. The van der Waals surface area contributed by atoms with Crippen molar-refractivity contribution in [3.05, 3.63) is 42.3 Å². The molecule has 10 heteroatoms. The second-order valence-electron chi connectivity index (χ2n) is 7.08. The smallest absolute Gasteiger partial charge is 0.414 e. The number of rotatable bonds is 5. The van der Waals surface area contributed by atoms with Crippen molar-refractivity contribution in [1.29, 1.82) is 0 Å². The quantitative estimate of drug-likeness (QED) is 0.650. The second kappa shape index (κ2) is 7.55. The molecule has 3 aromatic rings. The van der Waals surface area contributed by atoms with Gasteiger partial charge in [0.15, 0.2) is 0 Å². The number of carbonyl (C=O) groups excluding carboxylic acids is 1. The van der Waals surface area contributed by atoms with Crippen molar-refractivity contribution in [2.75, 3.05) is 32.1 Å². The zero-order valence-corrected chi connectivity index (χ0v) is 16.3.